The highest BCUT2D eigenvalue weighted by atomic mass is 35.5. The molecule has 0 unspecified atom stereocenters. The van der Waals surface area contributed by atoms with E-state index in [-0.39, 0.29) is 6.61 Å². The second kappa shape index (κ2) is 12.3. The maximum absolute atomic E-state index is 13.0. The van der Waals surface area contributed by atoms with Crippen molar-refractivity contribution in [2.24, 2.45) is 5.10 Å². The summed E-state index contributed by atoms with van der Waals surface area (Å²) < 4.78 is 11.7. The molecule has 0 aliphatic heterocycles. The van der Waals surface area contributed by atoms with Gasteiger partial charge in [0, 0.05) is 10.6 Å². The van der Waals surface area contributed by atoms with Crippen molar-refractivity contribution in [2.75, 3.05) is 0 Å². The number of hydrogen-bond donors (Lipinski definition) is 1. The summed E-state index contributed by atoms with van der Waals surface area (Å²) in [6.07, 6.45) is 1.48. The van der Waals surface area contributed by atoms with Gasteiger partial charge < -0.3 is 9.47 Å². The molecule has 0 bridgehead atoms. The predicted octanol–water partition coefficient (Wildman–Crippen LogP) is 7.36. The molecular formula is C33H25ClN2O4. The number of ether oxygens (including phenoxy) is 2. The van der Waals surface area contributed by atoms with E-state index in [0.29, 0.717) is 33.2 Å². The van der Waals surface area contributed by atoms with Gasteiger partial charge in [0.15, 0.2) is 0 Å². The van der Waals surface area contributed by atoms with Gasteiger partial charge in [-0.1, -0.05) is 83.9 Å². The van der Waals surface area contributed by atoms with E-state index in [1.165, 1.54) is 6.21 Å². The molecule has 5 rings (SSSR count). The van der Waals surface area contributed by atoms with Crippen LogP contribution in [0.4, 0.5) is 0 Å². The van der Waals surface area contributed by atoms with Crippen LogP contribution in [0.25, 0.3) is 10.8 Å². The van der Waals surface area contributed by atoms with Crippen molar-refractivity contribution in [3.05, 3.63) is 142 Å². The third kappa shape index (κ3) is 6.37. The first-order valence-electron chi connectivity index (χ1n) is 12.6. The summed E-state index contributed by atoms with van der Waals surface area (Å²) in [5, 5.41) is 6.60. The average molecular weight is 549 g/mol. The number of hydrogen-bond acceptors (Lipinski definition) is 5. The highest BCUT2D eigenvalue weighted by molar-refractivity contribution is 6.30. The molecule has 0 atom stereocenters. The highest BCUT2D eigenvalue weighted by Gasteiger charge is 2.15. The molecule has 5 aromatic rings. The van der Waals surface area contributed by atoms with Gasteiger partial charge in [-0.15, -0.1) is 0 Å². The number of carbonyl (C=O) groups excluding carboxylic acids is 2. The molecule has 0 fully saturated rings. The molecule has 0 heterocycles. The third-order valence-corrected chi connectivity index (χ3v) is 6.44. The van der Waals surface area contributed by atoms with Crippen LogP contribution >= 0.6 is 11.6 Å². The lowest BCUT2D eigenvalue weighted by atomic mass is 10.0. The zero-order chi connectivity index (χ0) is 27.9. The van der Waals surface area contributed by atoms with Crippen LogP contribution < -0.4 is 14.9 Å². The second-order valence-electron chi connectivity index (χ2n) is 9.07. The fraction of sp³-hybridized carbons (Fsp3) is 0.0606. The monoisotopic (exact) mass is 548 g/mol. The fourth-order valence-corrected chi connectivity index (χ4v) is 4.29. The molecule has 198 valence electrons. The molecule has 5 aromatic carbocycles. The Bertz CT molecular complexity index is 1710. The van der Waals surface area contributed by atoms with Crippen LogP contribution in [-0.2, 0) is 6.61 Å². The molecule has 0 aliphatic rings. The van der Waals surface area contributed by atoms with E-state index in [9.17, 15) is 9.59 Å². The first-order chi connectivity index (χ1) is 19.5. The Balaban J connectivity index is 1.36. The molecular weight excluding hydrogens is 524 g/mol. The van der Waals surface area contributed by atoms with Crippen LogP contribution in [-0.4, -0.2) is 18.1 Å². The SMILES string of the molecule is Cc1cccc(C(=O)Oc2ccc3ccccc3c2/C=N/NC(=O)c2ccccc2OCc2ccc(Cl)cc2)c1. The largest absolute Gasteiger partial charge is 0.488 e. The number of benzene rings is 5. The lowest BCUT2D eigenvalue weighted by Gasteiger charge is -2.12. The van der Waals surface area contributed by atoms with Gasteiger partial charge in [-0.2, -0.15) is 5.10 Å². The number of nitrogens with zero attached hydrogens (tertiary/aromatic N) is 1. The summed E-state index contributed by atoms with van der Waals surface area (Å²) >= 11 is 5.96. The van der Waals surface area contributed by atoms with Gasteiger partial charge in [0.05, 0.1) is 17.3 Å². The Hall–Kier alpha value is -4.94. The summed E-state index contributed by atoms with van der Waals surface area (Å²) in [7, 11) is 0. The van der Waals surface area contributed by atoms with Crippen LogP contribution in [0.5, 0.6) is 11.5 Å². The van der Waals surface area contributed by atoms with E-state index in [1.54, 1.807) is 60.7 Å². The predicted molar refractivity (Wildman–Crippen MR) is 157 cm³/mol. The van der Waals surface area contributed by atoms with Gasteiger partial charge in [-0.05, 0) is 65.7 Å². The summed E-state index contributed by atoms with van der Waals surface area (Å²) in [6.45, 7) is 2.19. The van der Waals surface area contributed by atoms with Crippen molar-refractivity contribution < 1.29 is 19.1 Å². The van der Waals surface area contributed by atoms with E-state index in [2.05, 4.69) is 10.5 Å². The first-order valence-corrected chi connectivity index (χ1v) is 13.0. The first kappa shape index (κ1) is 26.7. The summed E-state index contributed by atoms with van der Waals surface area (Å²) in [5.74, 6) is -0.177. The molecule has 0 spiro atoms. The number of amides is 1. The topological polar surface area (TPSA) is 77.0 Å². The van der Waals surface area contributed by atoms with Gasteiger partial charge >= 0.3 is 5.97 Å². The zero-order valence-corrected chi connectivity index (χ0v) is 22.4. The van der Waals surface area contributed by atoms with Gasteiger partial charge in [0.1, 0.15) is 18.1 Å². The van der Waals surface area contributed by atoms with Crippen molar-refractivity contribution in [3.63, 3.8) is 0 Å². The van der Waals surface area contributed by atoms with Crippen LogP contribution in [0.1, 0.15) is 37.4 Å². The normalized spacial score (nSPS) is 10.9. The molecule has 0 saturated carbocycles. The standard InChI is InChI=1S/C33H25ClN2O4/c1-22-7-6-9-25(19-22)33(38)40-31-18-15-24-8-2-3-10-27(24)29(31)20-35-36-32(37)28-11-4-5-12-30(28)39-21-23-13-16-26(34)17-14-23/h2-20H,21H2,1H3,(H,36,37)/b35-20+. The molecule has 0 aliphatic carbocycles. The quantitative estimate of drug-likeness (QED) is 0.0950. The Morgan fingerprint density at radius 3 is 2.45 bits per heavy atom. The highest BCUT2D eigenvalue weighted by Crippen LogP contribution is 2.28. The summed E-state index contributed by atoms with van der Waals surface area (Å²) in [4.78, 5) is 25.9. The molecule has 0 aromatic heterocycles. The van der Waals surface area contributed by atoms with Gasteiger partial charge in [0.2, 0.25) is 0 Å². The van der Waals surface area contributed by atoms with Crippen LogP contribution in [0.15, 0.2) is 114 Å². The third-order valence-electron chi connectivity index (χ3n) is 6.19. The molecule has 7 heteroatoms. The van der Waals surface area contributed by atoms with Crippen LogP contribution in [0, 0.1) is 6.92 Å². The minimum absolute atomic E-state index is 0.274. The molecule has 1 amide bonds. The lowest BCUT2D eigenvalue weighted by Crippen LogP contribution is -2.19. The zero-order valence-electron chi connectivity index (χ0n) is 21.6. The van der Waals surface area contributed by atoms with E-state index in [0.717, 1.165) is 21.9 Å². The minimum Gasteiger partial charge on any atom is -0.488 e. The van der Waals surface area contributed by atoms with Crippen LogP contribution in [0.3, 0.4) is 0 Å². The number of nitrogens with one attached hydrogen (secondary N) is 1. The molecule has 0 saturated heterocycles. The smallest absolute Gasteiger partial charge is 0.343 e. The lowest BCUT2D eigenvalue weighted by molar-refractivity contribution is 0.0734. The van der Waals surface area contributed by atoms with Crippen molar-refractivity contribution in [1.82, 2.24) is 5.43 Å². The van der Waals surface area contributed by atoms with Crippen molar-refractivity contribution >= 4 is 40.5 Å². The average Bonchev–Trinajstić information content (AvgIpc) is 2.98. The minimum atomic E-state index is -0.482. The Morgan fingerprint density at radius 1 is 0.850 bits per heavy atom. The van der Waals surface area contributed by atoms with Gasteiger partial charge in [0.25, 0.3) is 5.91 Å². The summed E-state index contributed by atoms with van der Waals surface area (Å²) in [6, 6.07) is 32.7. The van der Waals surface area contributed by atoms with Gasteiger partial charge in [-0.3, -0.25) is 4.79 Å². The number of halogens is 1. The number of aryl methyl sites for hydroxylation is 1. The Morgan fingerprint density at radius 2 is 1.62 bits per heavy atom. The Labute approximate surface area is 236 Å². The number of carbonyl (C=O) groups is 2. The van der Waals surface area contributed by atoms with E-state index >= 15 is 0 Å². The van der Waals surface area contributed by atoms with Crippen molar-refractivity contribution in [3.8, 4) is 11.5 Å². The number of fused-ring (bicyclic) bond motifs is 1. The van der Waals surface area contributed by atoms with E-state index in [1.807, 2.05) is 55.5 Å². The fourth-order valence-electron chi connectivity index (χ4n) is 4.17. The molecule has 40 heavy (non-hydrogen) atoms. The number of esters is 1. The molecule has 1 N–H and O–H groups in total. The van der Waals surface area contributed by atoms with Crippen LogP contribution in [0.2, 0.25) is 5.02 Å². The van der Waals surface area contributed by atoms with E-state index < -0.39 is 11.9 Å². The maximum atomic E-state index is 13.0. The Kier molecular flexibility index (Phi) is 8.18. The van der Waals surface area contributed by atoms with Gasteiger partial charge in [-0.25, -0.2) is 10.2 Å². The number of hydrazone groups is 1. The van der Waals surface area contributed by atoms with E-state index in [4.69, 9.17) is 21.1 Å². The maximum Gasteiger partial charge on any atom is 0.343 e. The number of rotatable bonds is 8. The molecule has 0 radical (unpaired) electrons. The molecule has 6 nitrogen and oxygen atoms in total. The van der Waals surface area contributed by atoms with Crippen molar-refractivity contribution in [1.29, 1.82) is 0 Å². The second-order valence-corrected chi connectivity index (χ2v) is 9.50. The summed E-state index contributed by atoms with van der Waals surface area (Å²) in [5.41, 5.74) is 5.78. The number of para-hydroxylation sites is 1. The van der Waals surface area contributed by atoms with Crippen molar-refractivity contribution in [2.45, 2.75) is 13.5 Å².